The lowest BCUT2D eigenvalue weighted by molar-refractivity contribution is -0.122. The molecule has 4 rings (SSSR count). The lowest BCUT2D eigenvalue weighted by atomic mass is 10.1. The molecule has 9 nitrogen and oxygen atoms in total. The standard InChI is InChI=1S/C21H14N4O5/c26-18-17(19(27)25(21(30)23-18)15-7-9-22-10-8-15)12-16-2-1-11-24(16)14-5-3-13(4-6-14)20(28)29/h1-12H,(H,28,29)(H,23,26,30)/b17-12+. The largest absolute Gasteiger partial charge is 0.478 e. The number of carbonyl (C=O) groups excluding carboxylic acids is 3. The highest BCUT2D eigenvalue weighted by Crippen LogP contribution is 2.22. The van der Waals surface area contributed by atoms with Gasteiger partial charge in [-0.2, -0.15) is 0 Å². The van der Waals surface area contributed by atoms with E-state index in [4.69, 9.17) is 5.11 Å². The van der Waals surface area contributed by atoms with Crippen LogP contribution in [0.1, 0.15) is 16.1 Å². The SMILES string of the molecule is O=C1NC(=O)N(c2ccncc2)C(=O)/C1=C/c1cccn1-c1ccc(C(=O)O)cc1. The minimum absolute atomic E-state index is 0.138. The molecule has 1 aliphatic rings. The number of nitrogens with zero attached hydrogens (tertiary/aromatic N) is 3. The zero-order valence-corrected chi connectivity index (χ0v) is 15.4. The van der Waals surface area contributed by atoms with E-state index >= 15 is 0 Å². The van der Waals surface area contributed by atoms with Crippen molar-refractivity contribution in [1.29, 1.82) is 0 Å². The van der Waals surface area contributed by atoms with Crippen LogP contribution in [-0.4, -0.2) is 38.5 Å². The summed E-state index contributed by atoms with van der Waals surface area (Å²) in [6.07, 6.45) is 5.95. The van der Waals surface area contributed by atoms with Gasteiger partial charge in [0.2, 0.25) is 0 Å². The first-order chi connectivity index (χ1) is 14.5. The molecule has 0 spiro atoms. The molecular weight excluding hydrogens is 388 g/mol. The summed E-state index contributed by atoms with van der Waals surface area (Å²) in [5.74, 6) is -2.60. The molecule has 3 aromatic rings. The maximum atomic E-state index is 12.9. The molecule has 0 aliphatic carbocycles. The quantitative estimate of drug-likeness (QED) is 0.510. The molecule has 0 bridgehead atoms. The van der Waals surface area contributed by atoms with E-state index in [1.807, 2.05) is 0 Å². The lowest BCUT2D eigenvalue weighted by Gasteiger charge is -2.26. The predicted octanol–water partition coefficient (Wildman–Crippen LogP) is 2.24. The van der Waals surface area contributed by atoms with Crippen LogP contribution in [0.15, 0.2) is 72.7 Å². The summed E-state index contributed by atoms with van der Waals surface area (Å²) in [7, 11) is 0. The van der Waals surface area contributed by atoms with Gasteiger partial charge in [-0.1, -0.05) is 0 Å². The molecule has 3 heterocycles. The Morgan fingerprint density at radius 1 is 0.967 bits per heavy atom. The maximum absolute atomic E-state index is 12.9. The summed E-state index contributed by atoms with van der Waals surface area (Å²) in [4.78, 5) is 53.2. The molecule has 0 saturated carbocycles. The summed E-state index contributed by atoms with van der Waals surface area (Å²) in [6.45, 7) is 0. The van der Waals surface area contributed by atoms with Crippen LogP contribution in [0.5, 0.6) is 0 Å². The number of benzene rings is 1. The topological polar surface area (TPSA) is 122 Å². The van der Waals surface area contributed by atoms with Crippen LogP contribution in [0.2, 0.25) is 0 Å². The number of aromatic carboxylic acids is 1. The van der Waals surface area contributed by atoms with Crippen LogP contribution in [0.3, 0.4) is 0 Å². The van der Waals surface area contributed by atoms with E-state index in [1.165, 1.54) is 42.7 Å². The van der Waals surface area contributed by atoms with Crippen molar-refractivity contribution in [3.63, 3.8) is 0 Å². The number of carboxylic acids is 1. The average molecular weight is 402 g/mol. The Kier molecular flexibility index (Phi) is 4.69. The molecular formula is C21H14N4O5. The number of urea groups is 1. The first-order valence-corrected chi connectivity index (χ1v) is 8.78. The molecule has 0 radical (unpaired) electrons. The summed E-state index contributed by atoms with van der Waals surface area (Å²) >= 11 is 0. The lowest BCUT2D eigenvalue weighted by Crippen LogP contribution is -2.54. The van der Waals surface area contributed by atoms with Gasteiger partial charge < -0.3 is 9.67 Å². The highest BCUT2D eigenvalue weighted by atomic mass is 16.4. The Bertz CT molecular complexity index is 1200. The number of carboxylic acid groups (broad SMARTS) is 1. The zero-order valence-electron chi connectivity index (χ0n) is 15.4. The van der Waals surface area contributed by atoms with Gasteiger partial charge in [0.25, 0.3) is 11.8 Å². The molecule has 0 unspecified atom stereocenters. The number of hydrogen-bond donors (Lipinski definition) is 2. The van der Waals surface area contributed by atoms with Crippen molar-refractivity contribution in [3.8, 4) is 5.69 Å². The zero-order chi connectivity index (χ0) is 21.3. The monoisotopic (exact) mass is 402 g/mol. The molecule has 0 atom stereocenters. The minimum atomic E-state index is -1.04. The fourth-order valence-corrected chi connectivity index (χ4v) is 3.04. The van der Waals surface area contributed by atoms with Gasteiger partial charge in [0.05, 0.1) is 11.3 Å². The minimum Gasteiger partial charge on any atom is -0.478 e. The second kappa shape index (κ2) is 7.47. The fourth-order valence-electron chi connectivity index (χ4n) is 3.04. The number of imide groups is 2. The van der Waals surface area contributed by atoms with Crippen LogP contribution in [-0.2, 0) is 9.59 Å². The Morgan fingerprint density at radius 3 is 2.33 bits per heavy atom. The number of aromatic nitrogens is 2. The van der Waals surface area contributed by atoms with Crippen LogP contribution >= 0.6 is 0 Å². The van der Waals surface area contributed by atoms with Crippen molar-refractivity contribution in [2.75, 3.05) is 4.90 Å². The van der Waals surface area contributed by atoms with Crippen molar-refractivity contribution in [1.82, 2.24) is 14.9 Å². The molecule has 1 aliphatic heterocycles. The first-order valence-electron chi connectivity index (χ1n) is 8.78. The van der Waals surface area contributed by atoms with E-state index in [0.29, 0.717) is 11.4 Å². The molecule has 4 amide bonds. The molecule has 1 fully saturated rings. The Labute approximate surface area is 169 Å². The molecule has 9 heteroatoms. The van der Waals surface area contributed by atoms with Crippen LogP contribution < -0.4 is 10.2 Å². The molecule has 2 N–H and O–H groups in total. The second-order valence-corrected chi connectivity index (χ2v) is 6.32. The van der Waals surface area contributed by atoms with Crippen LogP contribution in [0, 0.1) is 0 Å². The molecule has 2 aromatic heterocycles. The van der Waals surface area contributed by atoms with Gasteiger partial charge in [-0.3, -0.25) is 19.9 Å². The van der Waals surface area contributed by atoms with Crippen molar-refractivity contribution >= 4 is 35.6 Å². The summed E-state index contributed by atoms with van der Waals surface area (Å²) in [5.41, 5.74) is 1.35. The van der Waals surface area contributed by atoms with Crippen LogP contribution in [0.25, 0.3) is 11.8 Å². The Hall–Kier alpha value is -4.53. The van der Waals surface area contributed by atoms with Crippen molar-refractivity contribution in [3.05, 3.63) is 84.0 Å². The third-order valence-corrected chi connectivity index (χ3v) is 4.49. The van der Waals surface area contributed by atoms with E-state index in [-0.39, 0.29) is 16.8 Å². The number of pyridine rings is 1. The smallest absolute Gasteiger partial charge is 0.335 e. The van der Waals surface area contributed by atoms with Gasteiger partial charge in [-0.25, -0.2) is 14.5 Å². The molecule has 148 valence electrons. The third kappa shape index (κ3) is 3.35. The van der Waals surface area contributed by atoms with Gasteiger partial charge in [0.1, 0.15) is 5.57 Å². The van der Waals surface area contributed by atoms with Crippen molar-refractivity contribution in [2.45, 2.75) is 0 Å². The number of barbiturate groups is 1. The van der Waals surface area contributed by atoms with Crippen molar-refractivity contribution < 1.29 is 24.3 Å². The second-order valence-electron chi connectivity index (χ2n) is 6.32. The van der Waals surface area contributed by atoms with Crippen molar-refractivity contribution in [2.24, 2.45) is 0 Å². The summed E-state index contributed by atoms with van der Waals surface area (Å²) in [5, 5.41) is 11.2. The molecule has 1 aromatic carbocycles. The third-order valence-electron chi connectivity index (χ3n) is 4.49. The number of nitrogens with one attached hydrogen (secondary N) is 1. The van der Waals surface area contributed by atoms with E-state index in [9.17, 15) is 19.2 Å². The molecule has 1 saturated heterocycles. The first kappa shape index (κ1) is 18.8. The Balaban J connectivity index is 1.72. The van der Waals surface area contributed by atoms with E-state index < -0.39 is 23.8 Å². The number of amides is 4. The van der Waals surface area contributed by atoms with E-state index in [1.54, 1.807) is 35.0 Å². The number of rotatable bonds is 4. The fraction of sp³-hybridized carbons (Fsp3) is 0. The highest BCUT2D eigenvalue weighted by Gasteiger charge is 2.36. The predicted molar refractivity (Wildman–Crippen MR) is 106 cm³/mol. The van der Waals surface area contributed by atoms with Gasteiger partial charge in [-0.05, 0) is 54.6 Å². The maximum Gasteiger partial charge on any atom is 0.335 e. The highest BCUT2D eigenvalue weighted by molar-refractivity contribution is 6.39. The van der Waals surface area contributed by atoms with E-state index in [0.717, 1.165) is 4.90 Å². The summed E-state index contributed by atoms with van der Waals surface area (Å²) in [6, 6.07) is 11.7. The Morgan fingerprint density at radius 2 is 1.67 bits per heavy atom. The number of anilines is 1. The number of hydrogen-bond acceptors (Lipinski definition) is 5. The number of carbonyl (C=O) groups is 4. The van der Waals surface area contributed by atoms with E-state index in [2.05, 4.69) is 10.3 Å². The normalized spacial score (nSPS) is 15.4. The van der Waals surface area contributed by atoms with Gasteiger partial charge in [0, 0.05) is 30.0 Å². The average Bonchev–Trinajstić information content (AvgIpc) is 3.20. The van der Waals surface area contributed by atoms with Gasteiger partial charge in [-0.15, -0.1) is 0 Å². The van der Waals surface area contributed by atoms with Gasteiger partial charge >= 0.3 is 12.0 Å². The molecule has 30 heavy (non-hydrogen) atoms. The van der Waals surface area contributed by atoms with Gasteiger partial charge in [0.15, 0.2) is 0 Å². The summed E-state index contributed by atoms with van der Waals surface area (Å²) < 4.78 is 1.69. The van der Waals surface area contributed by atoms with Crippen LogP contribution in [0.4, 0.5) is 10.5 Å².